The first-order valence-electron chi connectivity index (χ1n) is 7.89. The van der Waals surface area contributed by atoms with E-state index in [1.54, 1.807) is 0 Å². The third-order valence-electron chi connectivity index (χ3n) is 3.65. The molecular weight excluding hydrogens is 282 g/mol. The standard InChI is InChI=1S/C17H27NO2S/c1-4-19-16-10-14-9-13(2)20-17(14)11-15(16)12-18-7-5-6-8-21-3/h10-11,13,18H,4-9,12H2,1-3H3. The molecule has 0 saturated heterocycles. The van der Waals surface area contributed by atoms with Crippen molar-refractivity contribution < 1.29 is 9.47 Å². The van der Waals surface area contributed by atoms with E-state index in [0.29, 0.717) is 6.61 Å². The summed E-state index contributed by atoms with van der Waals surface area (Å²) in [6.45, 7) is 6.76. The van der Waals surface area contributed by atoms with E-state index >= 15 is 0 Å². The van der Waals surface area contributed by atoms with Crippen LogP contribution in [-0.2, 0) is 13.0 Å². The average Bonchev–Trinajstić information content (AvgIpc) is 2.82. The number of ether oxygens (including phenoxy) is 2. The van der Waals surface area contributed by atoms with Gasteiger partial charge in [-0.15, -0.1) is 0 Å². The van der Waals surface area contributed by atoms with Crippen LogP contribution in [0, 0.1) is 0 Å². The van der Waals surface area contributed by atoms with Gasteiger partial charge in [-0.2, -0.15) is 11.8 Å². The second kappa shape index (κ2) is 8.54. The Morgan fingerprint density at radius 2 is 2.24 bits per heavy atom. The molecule has 1 atom stereocenters. The predicted octanol–water partition coefficient (Wildman–Crippen LogP) is 3.64. The van der Waals surface area contributed by atoms with Crippen molar-refractivity contribution >= 4 is 11.8 Å². The zero-order chi connectivity index (χ0) is 15.1. The number of thioether (sulfide) groups is 1. The van der Waals surface area contributed by atoms with Crippen molar-refractivity contribution in [1.29, 1.82) is 0 Å². The van der Waals surface area contributed by atoms with E-state index < -0.39 is 0 Å². The molecule has 1 heterocycles. The Bertz CT molecular complexity index is 451. The zero-order valence-corrected chi connectivity index (χ0v) is 14.2. The van der Waals surface area contributed by atoms with Gasteiger partial charge in [0.05, 0.1) is 6.61 Å². The molecule has 0 amide bonds. The highest BCUT2D eigenvalue weighted by Crippen LogP contribution is 2.35. The van der Waals surface area contributed by atoms with E-state index in [4.69, 9.17) is 9.47 Å². The number of fused-ring (bicyclic) bond motifs is 1. The highest BCUT2D eigenvalue weighted by molar-refractivity contribution is 7.98. The molecule has 1 N–H and O–H groups in total. The summed E-state index contributed by atoms with van der Waals surface area (Å²) in [5, 5.41) is 3.52. The first-order chi connectivity index (χ1) is 10.2. The minimum atomic E-state index is 0.282. The summed E-state index contributed by atoms with van der Waals surface area (Å²) in [5.41, 5.74) is 2.48. The van der Waals surface area contributed by atoms with E-state index in [9.17, 15) is 0 Å². The highest BCUT2D eigenvalue weighted by atomic mass is 32.2. The minimum Gasteiger partial charge on any atom is -0.494 e. The van der Waals surface area contributed by atoms with Crippen LogP contribution in [0.25, 0.3) is 0 Å². The maximum absolute atomic E-state index is 5.85. The molecule has 1 aromatic carbocycles. The normalized spacial score (nSPS) is 16.6. The van der Waals surface area contributed by atoms with Crippen LogP contribution in [-0.4, -0.2) is 31.3 Å². The van der Waals surface area contributed by atoms with E-state index in [1.165, 1.54) is 29.7 Å². The molecule has 0 spiro atoms. The van der Waals surface area contributed by atoms with Crippen molar-refractivity contribution in [1.82, 2.24) is 5.32 Å². The molecule has 1 unspecified atom stereocenters. The van der Waals surface area contributed by atoms with Crippen LogP contribution >= 0.6 is 11.8 Å². The summed E-state index contributed by atoms with van der Waals surface area (Å²) in [6.07, 6.45) is 5.93. The van der Waals surface area contributed by atoms with Gasteiger partial charge in [0, 0.05) is 24.1 Å². The topological polar surface area (TPSA) is 30.5 Å². The van der Waals surface area contributed by atoms with Gasteiger partial charge < -0.3 is 14.8 Å². The third-order valence-corrected chi connectivity index (χ3v) is 4.34. The monoisotopic (exact) mass is 309 g/mol. The van der Waals surface area contributed by atoms with Crippen LogP contribution in [0.2, 0.25) is 0 Å². The summed E-state index contributed by atoms with van der Waals surface area (Å²) in [6, 6.07) is 4.31. The molecule has 3 nitrogen and oxygen atoms in total. The predicted molar refractivity (Wildman–Crippen MR) is 90.7 cm³/mol. The Morgan fingerprint density at radius 1 is 1.38 bits per heavy atom. The van der Waals surface area contributed by atoms with Crippen molar-refractivity contribution in [2.24, 2.45) is 0 Å². The highest BCUT2D eigenvalue weighted by Gasteiger charge is 2.21. The largest absolute Gasteiger partial charge is 0.494 e. The molecule has 0 bridgehead atoms. The Balaban J connectivity index is 1.93. The first kappa shape index (κ1) is 16.5. The van der Waals surface area contributed by atoms with Gasteiger partial charge in [0.25, 0.3) is 0 Å². The third kappa shape index (κ3) is 4.82. The quantitative estimate of drug-likeness (QED) is 0.706. The van der Waals surface area contributed by atoms with Gasteiger partial charge >= 0.3 is 0 Å². The molecule has 0 aromatic heterocycles. The van der Waals surface area contributed by atoms with Crippen molar-refractivity contribution in [3.63, 3.8) is 0 Å². The fraction of sp³-hybridized carbons (Fsp3) is 0.647. The fourth-order valence-electron chi connectivity index (χ4n) is 2.63. The van der Waals surface area contributed by atoms with E-state index in [-0.39, 0.29) is 6.10 Å². The number of hydrogen-bond donors (Lipinski definition) is 1. The first-order valence-corrected chi connectivity index (χ1v) is 9.29. The lowest BCUT2D eigenvalue weighted by molar-refractivity contribution is 0.254. The van der Waals surface area contributed by atoms with Gasteiger partial charge in [-0.25, -0.2) is 0 Å². The minimum absolute atomic E-state index is 0.282. The Morgan fingerprint density at radius 3 is 3.00 bits per heavy atom. The van der Waals surface area contributed by atoms with Gasteiger partial charge in [0.15, 0.2) is 0 Å². The molecule has 4 heteroatoms. The molecule has 0 saturated carbocycles. The summed E-state index contributed by atoms with van der Waals surface area (Å²) in [7, 11) is 0. The number of rotatable bonds is 9. The lowest BCUT2D eigenvalue weighted by Gasteiger charge is -2.13. The van der Waals surface area contributed by atoms with Gasteiger partial charge in [0.2, 0.25) is 0 Å². The zero-order valence-electron chi connectivity index (χ0n) is 13.4. The summed E-state index contributed by atoms with van der Waals surface area (Å²) >= 11 is 1.91. The van der Waals surface area contributed by atoms with E-state index in [1.807, 2.05) is 18.7 Å². The summed E-state index contributed by atoms with van der Waals surface area (Å²) in [4.78, 5) is 0. The lowest BCUT2D eigenvalue weighted by atomic mass is 10.1. The number of benzene rings is 1. The van der Waals surface area contributed by atoms with E-state index in [0.717, 1.165) is 31.0 Å². The number of nitrogens with one attached hydrogen (secondary N) is 1. The summed E-state index contributed by atoms with van der Waals surface area (Å²) < 4.78 is 11.6. The molecule has 1 aliphatic rings. The molecule has 1 aliphatic heterocycles. The lowest BCUT2D eigenvalue weighted by Crippen LogP contribution is -2.16. The molecule has 0 radical (unpaired) electrons. The number of unbranched alkanes of at least 4 members (excludes halogenated alkanes) is 1. The van der Waals surface area contributed by atoms with Crippen LogP contribution in [0.1, 0.15) is 37.8 Å². The van der Waals surface area contributed by atoms with Gasteiger partial charge in [-0.05, 0) is 57.4 Å². The van der Waals surface area contributed by atoms with Crippen molar-refractivity contribution in [2.75, 3.05) is 25.2 Å². The van der Waals surface area contributed by atoms with Gasteiger partial charge in [-0.3, -0.25) is 0 Å². The second-order valence-electron chi connectivity index (χ2n) is 5.51. The van der Waals surface area contributed by atoms with Crippen LogP contribution in [0.4, 0.5) is 0 Å². The van der Waals surface area contributed by atoms with Crippen LogP contribution in [0.15, 0.2) is 12.1 Å². The SMILES string of the molecule is CCOc1cc2c(cc1CNCCCCSC)OC(C)C2. The molecule has 21 heavy (non-hydrogen) atoms. The maximum atomic E-state index is 5.85. The Labute approximate surface area is 132 Å². The Kier molecular flexibility index (Phi) is 6.71. The summed E-state index contributed by atoms with van der Waals surface area (Å²) in [5.74, 6) is 3.28. The molecule has 2 rings (SSSR count). The number of hydrogen-bond acceptors (Lipinski definition) is 4. The van der Waals surface area contributed by atoms with Crippen molar-refractivity contribution in [3.05, 3.63) is 23.3 Å². The molecule has 0 aliphatic carbocycles. The van der Waals surface area contributed by atoms with Crippen LogP contribution in [0.3, 0.4) is 0 Å². The van der Waals surface area contributed by atoms with Crippen molar-refractivity contribution in [2.45, 2.75) is 45.8 Å². The smallest absolute Gasteiger partial charge is 0.124 e. The molecule has 118 valence electrons. The van der Waals surface area contributed by atoms with Gasteiger partial charge in [0.1, 0.15) is 17.6 Å². The van der Waals surface area contributed by atoms with Crippen LogP contribution < -0.4 is 14.8 Å². The maximum Gasteiger partial charge on any atom is 0.124 e. The van der Waals surface area contributed by atoms with E-state index in [2.05, 4.69) is 30.6 Å². The Hall–Kier alpha value is -0.870. The average molecular weight is 309 g/mol. The molecule has 1 aromatic rings. The van der Waals surface area contributed by atoms with Crippen molar-refractivity contribution in [3.8, 4) is 11.5 Å². The second-order valence-corrected chi connectivity index (χ2v) is 6.50. The molecule has 0 fully saturated rings. The molecular formula is C17H27NO2S. The van der Waals surface area contributed by atoms with Gasteiger partial charge in [-0.1, -0.05) is 0 Å². The van der Waals surface area contributed by atoms with Crippen LogP contribution in [0.5, 0.6) is 11.5 Å². The fourth-order valence-corrected chi connectivity index (χ4v) is 3.12.